The maximum atomic E-state index is 14.3. The van der Waals surface area contributed by atoms with E-state index in [1.54, 1.807) is 6.07 Å². The summed E-state index contributed by atoms with van der Waals surface area (Å²) in [4.78, 5) is 0. The Labute approximate surface area is 131 Å². The van der Waals surface area contributed by atoms with Gasteiger partial charge in [-0.25, -0.2) is 4.39 Å². The normalized spacial score (nSPS) is 11.2. The van der Waals surface area contributed by atoms with Crippen LogP contribution in [0.5, 0.6) is 0 Å². The van der Waals surface area contributed by atoms with Gasteiger partial charge in [-0.2, -0.15) is 0 Å². The predicted octanol–water partition coefficient (Wildman–Crippen LogP) is 5.26. The summed E-state index contributed by atoms with van der Waals surface area (Å²) in [6.07, 6.45) is 0. The number of rotatable bonds is 4. The van der Waals surface area contributed by atoms with E-state index in [-0.39, 0.29) is 5.82 Å². The van der Waals surface area contributed by atoms with Gasteiger partial charge < -0.3 is 5.32 Å². The molecule has 0 aliphatic rings. The van der Waals surface area contributed by atoms with Gasteiger partial charge in [0.15, 0.2) is 0 Å². The summed E-state index contributed by atoms with van der Waals surface area (Å²) in [7, 11) is 0. The summed E-state index contributed by atoms with van der Waals surface area (Å²) in [5.41, 5.74) is 4.27. The van der Waals surface area contributed by atoms with E-state index in [0.29, 0.717) is 16.6 Å². The van der Waals surface area contributed by atoms with E-state index < -0.39 is 0 Å². The molecule has 112 valence electrons. The van der Waals surface area contributed by atoms with Crippen LogP contribution in [0.4, 0.5) is 4.39 Å². The molecule has 0 spiro atoms. The van der Waals surface area contributed by atoms with Crippen LogP contribution in [0.3, 0.4) is 0 Å². The molecular weight excluding hydrogens is 285 g/mol. The molecule has 0 aliphatic heterocycles. The maximum absolute atomic E-state index is 14.3. The highest BCUT2D eigenvalue weighted by atomic mass is 35.5. The molecule has 0 saturated carbocycles. The van der Waals surface area contributed by atoms with Gasteiger partial charge in [0.1, 0.15) is 5.82 Å². The molecule has 0 fully saturated rings. The van der Waals surface area contributed by atoms with Crippen LogP contribution in [0.15, 0.2) is 30.3 Å². The van der Waals surface area contributed by atoms with Crippen molar-refractivity contribution in [3.05, 3.63) is 57.9 Å². The molecule has 0 atom stereocenters. The second kappa shape index (κ2) is 6.59. The summed E-state index contributed by atoms with van der Waals surface area (Å²) < 4.78 is 14.3. The van der Waals surface area contributed by atoms with Crippen molar-refractivity contribution in [2.75, 3.05) is 0 Å². The SMILES string of the molecule is Cc1cc(C)c(-c2ccc(CNC(C)C)cc2Cl)c(F)c1. The van der Waals surface area contributed by atoms with Gasteiger partial charge in [0, 0.05) is 28.7 Å². The first-order valence-electron chi connectivity index (χ1n) is 7.17. The fourth-order valence-corrected chi connectivity index (χ4v) is 2.75. The Morgan fingerprint density at radius 1 is 1.14 bits per heavy atom. The van der Waals surface area contributed by atoms with E-state index in [9.17, 15) is 4.39 Å². The molecule has 2 rings (SSSR count). The van der Waals surface area contributed by atoms with Crippen molar-refractivity contribution in [1.82, 2.24) is 5.32 Å². The number of hydrogen-bond acceptors (Lipinski definition) is 1. The summed E-state index contributed by atoms with van der Waals surface area (Å²) in [6, 6.07) is 9.75. The van der Waals surface area contributed by atoms with E-state index in [1.807, 2.05) is 38.1 Å². The van der Waals surface area contributed by atoms with E-state index in [0.717, 1.165) is 28.8 Å². The molecule has 2 aromatic rings. The first kappa shape index (κ1) is 16.0. The van der Waals surface area contributed by atoms with E-state index >= 15 is 0 Å². The van der Waals surface area contributed by atoms with Gasteiger partial charge in [-0.15, -0.1) is 0 Å². The minimum absolute atomic E-state index is 0.220. The highest BCUT2D eigenvalue weighted by Crippen LogP contribution is 2.33. The van der Waals surface area contributed by atoms with Gasteiger partial charge in [-0.1, -0.05) is 43.6 Å². The number of benzene rings is 2. The van der Waals surface area contributed by atoms with Crippen LogP contribution in [0.2, 0.25) is 5.02 Å². The van der Waals surface area contributed by atoms with Crippen LogP contribution in [0, 0.1) is 19.7 Å². The zero-order valence-electron chi connectivity index (χ0n) is 12.9. The Morgan fingerprint density at radius 2 is 1.86 bits per heavy atom. The maximum Gasteiger partial charge on any atom is 0.131 e. The zero-order valence-corrected chi connectivity index (χ0v) is 13.7. The van der Waals surface area contributed by atoms with Crippen molar-refractivity contribution in [2.24, 2.45) is 0 Å². The topological polar surface area (TPSA) is 12.0 Å². The lowest BCUT2D eigenvalue weighted by molar-refractivity contribution is 0.589. The average molecular weight is 306 g/mol. The third kappa shape index (κ3) is 3.84. The minimum Gasteiger partial charge on any atom is -0.310 e. The number of halogens is 2. The van der Waals surface area contributed by atoms with Gasteiger partial charge >= 0.3 is 0 Å². The Hall–Kier alpha value is -1.38. The second-order valence-corrected chi connectivity index (χ2v) is 6.20. The quantitative estimate of drug-likeness (QED) is 0.812. The van der Waals surface area contributed by atoms with Crippen LogP contribution >= 0.6 is 11.6 Å². The lowest BCUT2D eigenvalue weighted by atomic mass is 9.97. The predicted molar refractivity (Wildman–Crippen MR) is 88.3 cm³/mol. The van der Waals surface area contributed by atoms with Crippen molar-refractivity contribution in [1.29, 1.82) is 0 Å². The molecule has 0 amide bonds. The number of aryl methyl sites for hydroxylation is 2. The fourth-order valence-electron chi connectivity index (χ4n) is 2.45. The Morgan fingerprint density at radius 3 is 2.43 bits per heavy atom. The van der Waals surface area contributed by atoms with E-state index in [2.05, 4.69) is 19.2 Å². The van der Waals surface area contributed by atoms with Gasteiger partial charge in [-0.3, -0.25) is 0 Å². The van der Waals surface area contributed by atoms with E-state index in [4.69, 9.17) is 11.6 Å². The lowest BCUT2D eigenvalue weighted by Gasteiger charge is -2.13. The van der Waals surface area contributed by atoms with Crippen molar-refractivity contribution < 1.29 is 4.39 Å². The molecule has 0 bridgehead atoms. The summed E-state index contributed by atoms with van der Waals surface area (Å²) in [5.74, 6) is -0.220. The molecule has 0 aliphatic carbocycles. The summed E-state index contributed by atoms with van der Waals surface area (Å²) in [5, 5.41) is 3.93. The Bertz CT molecular complexity index is 627. The molecule has 21 heavy (non-hydrogen) atoms. The average Bonchev–Trinajstić information content (AvgIpc) is 2.37. The first-order chi connectivity index (χ1) is 9.88. The minimum atomic E-state index is -0.220. The van der Waals surface area contributed by atoms with Crippen molar-refractivity contribution in [2.45, 2.75) is 40.3 Å². The van der Waals surface area contributed by atoms with Crippen LogP contribution in [0.25, 0.3) is 11.1 Å². The van der Waals surface area contributed by atoms with Gasteiger partial charge in [0.2, 0.25) is 0 Å². The molecule has 2 aromatic carbocycles. The molecule has 1 N–H and O–H groups in total. The monoisotopic (exact) mass is 305 g/mol. The van der Waals surface area contributed by atoms with Gasteiger partial charge in [0.25, 0.3) is 0 Å². The van der Waals surface area contributed by atoms with Crippen LogP contribution in [-0.4, -0.2) is 6.04 Å². The molecule has 0 aromatic heterocycles. The van der Waals surface area contributed by atoms with Crippen molar-refractivity contribution in [3.8, 4) is 11.1 Å². The summed E-state index contributed by atoms with van der Waals surface area (Å²) >= 11 is 6.37. The lowest BCUT2D eigenvalue weighted by Crippen LogP contribution is -2.21. The Kier molecular flexibility index (Phi) is 5.02. The molecule has 3 heteroatoms. The first-order valence-corrected chi connectivity index (χ1v) is 7.55. The fraction of sp³-hybridized carbons (Fsp3) is 0.333. The molecule has 1 nitrogen and oxygen atoms in total. The standard InChI is InChI=1S/C18H21ClFN/c1-11(2)21-10-14-5-6-15(16(19)9-14)18-13(4)7-12(3)8-17(18)20/h5-9,11,21H,10H2,1-4H3. The van der Waals surface area contributed by atoms with Crippen molar-refractivity contribution in [3.63, 3.8) is 0 Å². The van der Waals surface area contributed by atoms with Crippen LogP contribution in [-0.2, 0) is 6.54 Å². The summed E-state index contributed by atoms with van der Waals surface area (Å²) in [6.45, 7) is 8.76. The van der Waals surface area contributed by atoms with Gasteiger partial charge in [-0.05, 0) is 42.7 Å². The van der Waals surface area contributed by atoms with Gasteiger partial charge in [0.05, 0.1) is 0 Å². The molecular formula is C18H21ClFN. The van der Waals surface area contributed by atoms with Crippen LogP contribution < -0.4 is 5.32 Å². The second-order valence-electron chi connectivity index (χ2n) is 5.79. The molecule has 0 unspecified atom stereocenters. The number of nitrogens with one attached hydrogen (secondary N) is 1. The van der Waals surface area contributed by atoms with E-state index in [1.165, 1.54) is 0 Å². The number of hydrogen-bond donors (Lipinski definition) is 1. The third-order valence-electron chi connectivity index (χ3n) is 3.45. The zero-order chi connectivity index (χ0) is 15.6. The molecule has 0 radical (unpaired) electrons. The Balaban J connectivity index is 2.38. The largest absolute Gasteiger partial charge is 0.310 e. The highest BCUT2D eigenvalue weighted by Gasteiger charge is 2.13. The third-order valence-corrected chi connectivity index (χ3v) is 3.76. The highest BCUT2D eigenvalue weighted by molar-refractivity contribution is 6.33. The molecule has 0 heterocycles. The van der Waals surface area contributed by atoms with Crippen LogP contribution in [0.1, 0.15) is 30.5 Å². The smallest absolute Gasteiger partial charge is 0.131 e. The molecule has 0 saturated heterocycles. The van der Waals surface area contributed by atoms with Crippen molar-refractivity contribution >= 4 is 11.6 Å².